The van der Waals surface area contributed by atoms with Crippen LogP contribution in [0.15, 0.2) is 0 Å². The minimum atomic E-state index is -0.636. The Kier molecular flexibility index (Phi) is 3.65. The molecule has 22 heavy (non-hydrogen) atoms. The summed E-state index contributed by atoms with van der Waals surface area (Å²) in [6.07, 6.45) is 4.82. The standard InChI is InChI=1S/C17H27NO4/c1-16(2,3)22-15(21)18-8-4-5-12(10-18)17-7-6-11(9-17)13(17)14(19)20/h11-13H,4-10H2,1-3H3,(H,19,20). The van der Waals surface area contributed by atoms with E-state index >= 15 is 0 Å². The minimum Gasteiger partial charge on any atom is -0.481 e. The highest BCUT2D eigenvalue weighted by atomic mass is 16.6. The van der Waals surface area contributed by atoms with E-state index in [1.807, 2.05) is 20.8 Å². The lowest BCUT2D eigenvalue weighted by molar-refractivity contribution is -0.161. The number of carbonyl (C=O) groups is 2. The predicted molar refractivity (Wildman–Crippen MR) is 81.4 cm³/mol. The molecule has 5 nitrogen and oxygen atoms in total. The van der Waals surface area contributed by atoms with E-state index in [1.165, 1.54) is 0 Å². The van der Waals surface area contributed by atoms with E-state index in [4.69, 9.17) is 4.74 Å². The van der Waals surface area contributed by atoms with Crippen LogP contribution in [-0.4, -0.2) is 40.8 Å². The maximum absolute atomic E-state index is 12.3. The summed E-state index contributed by atoms with van der Waals surface area (Å²) < 4.78 is 5.48. The molecule has 1 saturated heterocycles. The fourth-order valence-electron chi connectivity index (χ4n) is 5.03. The summed E-state index contributed by atoms with van der Waals surface area (Å²) in [6, 6.07) is 0. The molecule has 4 atom stereocenters. The molecule has 4 fully saturated rings. The van der Waals surface area contributed by atoms with E-state index in [9.17, 15) is 14.7 Å². The lowest BCUT2D eigenvalue weighted by atomic mass is 9.53. The van der Waals surface area contributed by atoms with Gasteiger partial charge >= 0.3 is 12.1 Å². The number of amides is 1. The number of piperidine rings is 1. The molecule has 2 bridgehead atoms. The molecule has 3 aliphatic carbocycles. The number of ether oxygens (including phenoxy) is 1. The third-order valence-electron chi connectivity index (χ3n) is 5.87. The first-order valence-electron chi connectivity index (χ1n) is 8.44. The maximum atomic E-state index is 12.3. The summed E-state index contributed by atoms with van der Waals surface area (Å²) in [6.45, 7) is 7.00. The van der Waals surface area contributed by atoms with Gasteiger partial charge in [-0.15, -0.1) is 0 Å². The van der Waals surface area contributed by atoms with Gasteiger partial charge in [-0.3, -0.25) is 4.79 Å². The van der Waals surface area contributed by atoms with Crippen molar-refractivity contribution in [3.63, 3.8) is 0 Å². The number of carbonyl (C=O) groups excluding carboxylic acids is 1. The smallest absolute Gasteiger partial charge is 0.410 e. The quantitative estimate of drug-likeness (QED) is 0.851. The van der Waals surface area contributed by atoms with Crippen molar-refractivity contribution in [1.82, 2.24) is 4.90 Å². The van der Waals surface area contributed by atoms with Crippen molar-refractivity contribution in [1.29, 1.82) is 0 Å². The van der Waals surface area contributed by atoms with Crippen LogP contribution in [0.25, 0.3) is 0 Å². The topological polar surface area (TPSA) is 66.8 Å². The highest BCUT2D eigenvalue weighted by Crippen LogP contribution is 2.67. The van der Waals surface area contributed by atoms with Gasteiger partial charge in [0, 0.05) is 13.1 Å². The zero-order valence-electron chi connectivity index (χ0n) is 13.8. The highest BCUT2D eigenvalue weighted by Gasteiger charge is 2.65. The molecule has 5 heteroatoms. The monoisotopic (exact) mass is 309 g/mol. The first kappa shape index (κ1) is 15.6. The Bertz CT molecular complexity index is 480. The van der Waals surface area contributed by atoms with Gasteiger partial charge in [-0.2, -0.15) is 0 Å². The predicted octanol–water partition coefficient (Wildman–Crippen LogP) is 3.13. The molecule has 0 aromatic heterocycles. The van der Waals surface area contributed by atoms with Crippen LogP contribution in [0.2, 0.25) is 0 Å². The number of carboxylic acid groups (broad SMARTS) is 1. The minimum absolute atomic E-state index is 0.0584. The molecule has 1 amide bonds. The second-order valence-electron chi connectivity index (χ2n) is 8.32. The van der Waals surface area contributed by atoms with Gasteiger partial charge in [0.1, 0.15) is 5.60 Å². The molecular formula is C17H27NO4. The van der Waals surface area contributed by atoms with Crippen LogP contribution in [0.3, 0.4) is 0 Å². The summed E-state index contributed by atoms with van der Waals surface area (Å²) in [5.41, 5.74) is -0.544. The highest BCUT2D eigenvalue weighted by molar-refractivity contribution is 5.74. The summed E-state index contributed by atoms with van der Waals surface area (Å²) in [7, 11) is 0. The molecule has 1 heterocycles. The van der Waals surface area contributed by atoms with Crippen molar-refractivity contribution < 1.29 is 19.4 Å². The van der Waals surface area contributed by atoms with E-state index in [0.717, 1.165) is 38.6 Å². The van der Waals surface area contributed by atoms with Gasteiger partial charge in [-0.1, -0.05) is 0 Å². The van der Waals surface area contributed by atoms with Gasteiger partial charge in [-0.05, 0) is 70.1 Å². The Morgan fingerprint density at radius 3 is 2.59 bits per heavy atom. The van der Waals surface area contributed by atoms with Gasteiger partial charge in [0.2, 0.25) is 0 Å². The van der Waals surface area contributed by atoms with Gasteiger partial charge in [-0.25, -0.2) is 4.79 Å². The maximum Gasteiger partial charge on any atom is 0.410 e. The summed E-state index contributed by atoms with van der Waals surface area (Å²) in [5, 5.41) is 9.53. The van der Waals surface area contributed by atoms with Gasteiger partial charge in [0.25, 0.3) is 0 Å². The van der Waals surface area contributed by atoms with Crippen LogP contribution in [0.5, 0.6) is 0 Å². The van der Waals surface area contributed by atoms with Gasteiger partial charge in [0.15, 0.2) is 0 Å². The van der Waals surface area contributed by atoms with E-state index < -0.39 is 11.6 Å². The molecule has 1 aliphatic heterocycles. The number of likely N-dealkylation sites (tertiary alicyclic amines) is 1. The summed E-state index contributed by atoms with van der Waals surface area (Å²) >= 11 is 0. The fraction of sp³-hybridized carbons (Fsp3) is 0.882. The molecule has 0 aromatic rings. The Labute approximate surface area is 132 Å². The molecule has 0 aromatic carbocycles. The molecule has 0 spiro atoms. The van der Waals surface area contributed by atoms with E-state index in [-0.39, 0.29) is 17.4 Å². The molecule has 4 unspecified atom stereocenters. The number of fused-ring (bicyclic) bond motifs is 1. The SMILES string of the molecule is CC(C)(C)OC(=O)N1CCCC(C23CCC(C2)C3C(=O)O)C1. The number of aliphatic carboxylic acids is 1. The van der Waals surface area contributed by atoms with Crippen molar-refractivity contribution >= 4 is 12.1 Å². The van der Waals surface area contributed by atoms with Crippen LogP contribution in [0.4, 0.5) is 4.79 Å². The van der Waals surface area contributed by atoms with Crippen LogP contribution in [0.1, 0.15) is 52.9 Å². The summed E-state index contributed by atoms with van der Waals surface area (Å²) in [5.74, 6) is -0.137. The van der Waals surface area contributed by atoms with Crippen molar-refractivity contribution in [2.45, 2.75) is 58.5 Å². The van der Waals surface area contributed by atoms with E-state index in [1.54, 1.807) is 4.90 Å². The fourth-order valence-corrected chi connectivity index (χ4v) is 5.03. The number of carboxylic acids is 1. The molecule has 4 rings (SSSR count). The van der Waals surface area contributed by atoms with Crippen molar-refractivity contribution in [3.8, 4) is 0 Å². The van der Waals surface area contributed by atoms with E-state index in [2.05, 4.69) is 0 Å². The number of hydrogen-bond acceptors (Lipinski definition) is 3. The zero-order chi connectivity index (χ0) is 16.1. The first-order chi connectivity index (χ1) is 10.2. The molecule has 1 N–H and O–H groups in total. The Balaban J connectivity index is 1.69. The number of hydrogen-bond donors (Lipinski definition) is 1. The average molecular weight is 309 g/mol. The summed E-state index contributed by atoms with van der Waals surface area (Å²) in [4.78, 5) is 25.7. The molecular weight excluding hydrogens is 282 g/mol. The normalized spacial score (nSPS) is 37.6. The van der Waals surface area contributed by atoms with Gasteiger partial charge < -0.3 is 14.7 Å². The zero-order valence-corrected chi connectivity index (χ0v) is 13.8. The van der Waals surface area contributed by atoms with Crippen molar-refractivity contribution in [2.24, 2.45) is 23.2 Å². The lowest BCUT2D eigenvalue weighted by Crippen LogP contribution is -2.55. The van der Waals surface area contributed by atoms with Crippen LogP contribution in [0, 0.1) is 23.2 Å². The van der Waals surface area contributed by atoms with Crippen LogP contribution >= 0.6 is 0 Å². The third kappa shape index (κ3) is 2.48. The Morgan fingerprint density at radius 1 is 1.27 bits per heavy atom. The number of nitrogens with zero attached hydrogens (tertiary/aromatic N) is 1. The van der Waals surface area contributed by atoms with Crippen molar-refractivity contribution in [2.75, 3.05) is 13.1 Å². The first-order valence-corrected chi connectivity index (χ1v) is 8.44. The van der Waals surface area contributed by atoms with Crippen molar-refractivity contribution in [3.05, 3.63) is 0 Å². The molecule has 0 radical (unpaired) electrons. The van der Waals surface area contributed by atoms with Crippen LogP contribution < -0.4 is 0 Å². The lowest BCUT2D eigenvalue weighted by Gasteiger charge is -2.52. The molecule has 3 saturated carbocycles. The average Bonchev–Trinajstić information content (AvgIpc) is 2.96. The largest absolute Gasteiger partial charge is 0.481 e. The second kappa shape index (κ2) is 5.14. The van der Waals surface area contributed by atoms with Crippen LogP contribution in [-0.2, 0) is 9.53 Å². The van der Waals surface area contributed by atoms with E-state index in [0.29, 0.717) is 18.4 Å². The Morgan fingerprint density at radius 2 is 2.00 bits per heavy atom. The second-order valence-corrected chi connectivity index (χ2v) is 8.32. The molecule has 124 valence electrons. The Hall–Kier alpha value is -1.26. The number of rotatable bonds is 2. The molecule has 4 aliphatic rings. The van der Waals surface area contributed by atoms with Gasteiger partial charge in [0.05, 0.1) is 5.92 Å². The third-order valence-corrected chi connectivity index (χ3v) is 5.87.